The summed E-state index contributed by atoms with van der Waals surface area (Å²) in [5, 5.41) is 3.44. The highest BCUT2D eigenvalue weighted by molar-refractivity contribution is 5.80. The lowest BCUT2D eigenvalue weighted by molar-refractivity contribution is -0.120. The molecule has 4 heteroatoms. The van der Waals surface area contributed by atoms with Gasteiger partial charge in [-0.25, -0.2) is 0 Å². The van der Waals surface area contributed by atoms with Crippen molar-refractivity contribution in [2.24, 2.45) is 0 Å². The van der Waals surface area contributed by atoms with E-state index >= 15 is 0 Å². The molecule has 100 valence electrons. The number of hydrogen-bond donors (Lipinski definition) is 1. The molecule has 1 fully saturated rings. The largest absolute Gasteiger partial charge is 0.313 e. The number of piperazine rings is 1. The van der Waals surface area contributed by atoms with Crippen LogP contribution in [0.15, 0.2) is 0 Å². The zero-order valence-corrected chi connectivity index (χ0v) is 11.5. The molecule has 0 aromatic rings. The average molecular weight is 241 g/mol. The van der Waals surface area contributed by atoms with E-state index in [1.54, 1.807) is 0 Å². The number of carbonyl (C=O) groups is 1. The van der Waals surface area contributed by atoms with Gasteiger partial charge < -0.3 is 5.32 Å². The standard InChI is InChI=1S/C13H27N3O/c1-4-13(17)11-16-9-7-15(8-10-16)6-5-14-12(2)3/h12,14H,4-11H2,1-3H3. The minimum absolute atomic E-state index is 0.361. The second-order valence-corrected chi connectivity index (χ2v) is 5.12. The molecule has 17 heavy (non-hydrogen) atoms. The Hall–Kier alpha value is -0.450. The summed E-state index contributed by atoms with van der Waals surface area (Å²) in [6.07, 6.45) is 0.665. The maximum atomic E-state index is 11.3. The van der Waals surface area contributed by atoms with Gasteiger partial charge in [0.05, 0.1) is 6.54 Å². The predicted molar refractivity (Wildman–Crippen MR) is 71.3 cm³/mol. The van der Waals surface area contributed by atoms with Crippen LogP contribution in [-0.4, -0.2) is 67.4 Å². The van der Waals surface area contributed by atoms with E-state index in [-0.39, 0.29) is 0 Å². The smallest absolute Gasteiger partial charge is 0.146 e. The fraction of sp³-hybridized carbons (Fsp3) is 0.923. The van der Waals surface area contributed by atoms with Crippen molar-refractivity contribution in [3.05, 3.63) is 0 Å². The highest BCUT2D eigenvalue weighted by atomic mass is 16.1. The van der Waals surface area contributed by atoms with Gasteiger partial charge >= 0.3 is 0 Å². The van der Waals surface area contributed by atoms with E-state index < -0.39 is 0 Å². The number of carbonyl (C=O) groups excluding carboxylic acids is 1. The molecule has 0 radical (unpaired) electrons. The van der Waals surface area contributed by atoms with Gasteiger partial charge in [0.25, 0.3) is 0 Å². The summed E-state index contributed by atoms with van der Waals surface area (Å²) in [6, 6.07) is 0.568. The molecule has 0 bridgehead atoms. The molecular weight excluding hydrogens is 214 g/mol. The molecule has 1 aliphatic heterocycles. The van der Waals surface area contributed by atoms with E-state index in [2.05, 4.69) is 29.0 Å². The fourth-order valence-electron chi connectivity index (χ4n) is 2.04. The van der Waals surface area contributed by atoms with Crippen molar-refractivity contribution in [2.45, 2.75) is 33.2 Å². The monoisotopic (exact) mass is 241 g/mol. The van der Waals surface area contributed by atoms with Gasteiger partial charge in [0.1, 0.15) is 5.78 Å². The van der Waals surface area contributed by atoms with E-state index in [4.69, 9.17) is 0 Å². The van der Waals surface area contributed by atoms with Gasteiger partial charge in [-0.15, -0.1) is 0 Å². The first-order chi connectivity index (χ1) is 8.11. The first-order valence-electron chi connectivity index (χ1n) is 6.81. The molecule has 0 aromatic carbocycles. The van der Waals surface area contributed by atoms with Crippen molar-refractivity contribution in [1.29, 1.82) is 0 Å². The lowest BCUT2D eigenvalue weighted by Crippen LogP contribution is -2.49. The van der Waals surface area contributed by atoms with Gasteiger partial charge in [0.15, 0.2) is 0 Å². The number of nitrogens with zero attached hydrogens (tertiary/aromatic N) is 2. The molecule has 1 aliphatic rings. The SMILES string of the molecule is CCC(=O)CN1CCN(CCNC(C)C)CC1. The maximum Gasteiger partial charge on any atom is 0.146 e. The van der Waals surface area contributed by atoms with E-state index in [9.17, 15) is 4.79 Å². The zero-order chi connectivity index (χ0) is 12.7. The number of ketones is 1. The van der Waals surface area contributed by atoms with E-state index in [0.717, 1.165) is 39.3 Å². The maximum absolute atomic E-state index is 11.3. The van der Waals surface area contributed by atoms with Crippen molar-refractivity contribution >= 4 is 5.78 Å². The van der Waals surface area contributed by atoms with Crippen LogP contribution in [0.1, 0.15) is 27.2 Å². The summed E-state index contributed by atoms with van der Waals surface area (Å²) in [4.78, 5) is 16.1. The van der Waals surface area contributed by atoms with Gasteiger partial charge in [-0.05, 0) is 0 Å². The zero-order valence-electron chi connectivity index (χ0n) is 11.5. The fourth-order valence-corrected chi connectivity index (χ4v) is 2.04. The molecule has 1 saturated heterocycles. The topological polar surface area (TPSA) is 35.6 Å². The van der Waals surface area contributed by atoms with Crippen molar-refractivity contribution in [1.82, 2.24) is 15.1 Å². The van der Waals surface area contributed by atoms with Crippen LogP contribution in [0.5, 0.6) is 0 Å². The minimum Gasteiger partial charge on any atom is -0.313 e. The molecule has 1 heterocycles. The molecule has 0 spiro atoms. The van der Waals surface area contributed by atoms with Gasteiger partial charge in [-0.2, -0.15) is 0 Å². The van der Waals surface area contributed by atoms with Crippen LogP contribution in [0.4, 0.5) is 0 Å². The second-order valence-electron chi connectivity index (χ2n) is 5.12. The van der Waals surface area contributed by atoms with Crippen LogP contribution in [0, 0.1) is 0 Å². The lowest BCUT2D eigenvalue weighted by atomic mass is 10.2. The van der Waals surface area contributed by atoms with Crippen LogP contribution < -0.4 is 5.32 Å². The van der Waals surface area contributed by atoms with Crippen molar-refractivity contribution in [3.63, 3.8) is 0 Å². The highest BCUT2D eigenvalue weighted by Crippen LogP contribution is 2.01. The normalized spacial score (nSPS) is 18.8. The third-order valence-corrected chi connectivity index (χ3v) is 3.24. The summed E-state index contributed by atoms with van der Waals surface area (Å²) in [5.41, 5.74) is 0. The molecule has 1 rings (SSSR count). The van der Waals surface area contributed by atoms with E-state index in [0.29, 0.717) is 24.8 Å². The summed E-state index contributed by atoms with van der Waals surface area (Å²) >= 11 is 0. The van der Waals surface area contributed by atoms with Gasteiger partial charge in [-0.1, -0.05) is 20.8 Å². The second kappa shape index (κ2) is 7.80. The molecule has 1 N–H and O–H groups in total. The molecule has 0 saturated carbocycles. The van der Waals surface area contributed by atoms with Crippen molar-refractivity contribution in [2.75, 3.05) is 45.8 Å². The summed E-state index contributed by atoms with van der Waals surface area (Å²) in [6.45, 7) is 13.4. The van der Waals surface area contributed by atoms with E-state index in [1.807, 2.05) is 6.92 Å². The molecule has 0 aliphatic carbocycles. The quantitative estimate of drug-likeness (QED) is 0.707. The highest BCUT2D eigenvalue weighted by Gasteiger charge is 2.17. The average Bonchev–Trinajstić information content (AvgIpc) is 2.31. The molecular formula is C13H27N3O. The van der Waals surface area contributed by atoms with Crippen LogP contribution in [0.2, 0.25) is 0 Å². The Morgan fingerprint density at radius 1 is 1.18 bits per heavy atom. The van der Waals surface area contributed by atoms with Crippen LogP contribution in [0.3, 0.4) is 0 Å². The summed E-state index contributed by atoms with van der Waals surface area (Å²) < 4.78 is 0. The Morgan fingerprint density at radius 3 is 2.29 bits per heavy atom. The van der Waals surface area contributed by atoms with Crippen LogP contribution in [0.25, 0.3) is 0 Å². The van der Waals surface area contributed by atoms with Gasteiger partial charge in [0, 0.05) is 51.7 Å². The van der Waals surface area contributed by atoms with Gasteiger partial charge in [-0.3, -0.25) is 14.6 Å². The molecule has 0 amide bonds. The number of rotatable bonds is 7. The molecule has 0 atom stereocenters. The lowest BCUT2D eigenvalue weighted by Gasteiger charge is -2.34. The Kier molecular flexibility index (Phi) is 6.70. The molecule has 0 aromatic heterocycles. The van der Waals surface area contributed by atoms with E-state index in [1.165, 1.54) is 0 Å². The van der Waals surface area contributed by atoms with Crippen molar-refractivity contribution in [3.8, 4) is 0 Å². The predicted octanol–water partition coefficient (Wildman–Crippen LogP) is 0.581. The number of Topliss-reactive ketones (excluding diaryl/α,β-unsaturated/α-hetero) is 1. The third-order valence-electron chi connectivity index (χ3n) is 3.24. The Labute approximate surface area is 105 Å². The Morgan fingerprint density at radius 2 is 1.76 bits per heavy atom. The Bertz CT molecular complexity index is 223. The number of hydrogen-bond acceptors (Lipinski definition) is 4. The Balaban J connectivity index is 2.11. The minimum atomic E-state index is 0.361. The van der Waals surface area contributed by atoms with Crippen molar-refractivity contribution < 1.29 is 4.79 Å². The first-order valence-corrected chi connectivity index (χ1v) is 6.81. The van der Waals surface area contributed by atoms with Crippen LogP contribution >= 0.6 is 0 Å². The number of nitrogens with one attached hydrogen (secondary N) is 1. The first kappa shape index (κ1) is 14.6. The van der Waals surface area contributed by atoms with Crippen LogP contribution in [-0.2, 0) is 4.79 Å². The summed E-state index contributed by atoms with van der Waals surface area (Å²) in [5.74, 6) is 0.361. The molecule has 0 unspecified atom stereocenters. The third kappa shape index (κ3) is 6.15. The summed E-state index contributed by atoms with van der Waals surface area (Å²) in [7, 11) is 0. The van der Waals surface area contributed by atoms with Gasteiger partial charge in [0.2, 0.25) is 0 Å². The molecule has 4 nitrogen and oxygen atoms in total.